The van der Waals surface area contributed by atoms with Crippen LogP contribution in [0.5, 0.6) is 11.5 Å². The van der Waals surface area contributed by atoms with Crippen LogP contribution in [0.1, 0.15) is 67.2 Å². The molecule has 0 aliphatic carbocycles. The van der Waals surface area contributed by atoms with Gasteiger partial charge >= 0.3 is 7.51 Å². The monoisotopic (exact) mass is 541 g/mol. The van der Waals surface area contributed by atoms with E-state index in [1.165, 1.54) is 0 Å². The van der Waals surface area contributed by atoms with E-state index >= 15 is 0 Å². The molecule has 0 fully saturated rings. The third kappa shape index (κ3) is 5.36. The van der Waals surface area contributed by atoms with E-state index < -0.39 is 53.0 Å². The van der Waals surface area contributed by atoms with E-state index in [4.69, 9.17) is 13.8 Å². The Hall–Kier alpha value is -2.60. The minimum atomic E-state index is -3.81. The fraction of sp³-hybridized carbons (Fsp3) is 0.429. The highest BCUT2D eigenvalue weighted by atomic mass is 31.2. The van der Waals surface area contributed by atoms with Gasteiger partial charge in [0.15, 0.2) is 0 Å². The van der Waals surface area contributed by atoms with E-state index in [0.29, 0.717) is 31.4 Å². The molecule has 1 unspecified atom stereocenters. The number of rotatable bonds is 10. The second-order valence-electron chi connectivity index (χ2n) is 9.62. The van der Waals surface area contributed by atoms with Gasteiger partial charge in [-0.05, 0) is 62.4 Å². The third-order valence-corrected chi connectivity index (χ3v) is 11.1. The second-order valence-corrected chi connectivity index (χ2v) is 12.3. The number of hydrogen-bond acceptors (Lipinski definition) is 3. The number of hydrogen-bond donors (Lipinski definition) is 0. The molecule has 0 aliphatic heterocycles. The molecule has 0 amide bonds. The van der Waals surface area contributed by atoms with Crippen LogP contribution in [0, 0.1) is 29.1 Å². The van der Waals surface area contributed by atoms with Gasteiger partial charge in [0.05, 0.1) is 10.7 Å². The standard InChI is InChI=1S/C28H33F5NO2P/c1-7-27(5,8-2)34-37(28(6,9-3)10-4,35-20-16-15-18-13-11-12-14-19(18)17-20)36-26-24(32)22(30)21(29)23(31)25(26)33/h11-17H,7-10H2,1-6H3. The van der Waals surface area contributed by atoms with Crippen LogP contribution < -0.4 is 9.05 Å². The summed E-state index contributed by atoms with van der Waals surface area (Å²) in [6, 6.07) is 12.8. The van der Waals surface area contributed by atoms with Gasteiger partial charge in [-0.15, -0.1) is 0 Å². The van der Waals surface area contributed by atoms with Crippen molar-refractivity contribution in [1.29, 1.82) is 0 Å². The molecule has 0 heterocycles. The van der Waals surface area contributed by atoms with Crippen LogP contribution in [0.25, 0.3) is 10.8 Å². The van der Waals surface area contributed by atoms with E-state index in [-0.39, 0.29) is 0 Å². The molecule has 0 spiro atoms. The van der Waals surface area contributed by atoms with Crippen LogP contribution in [0.4, 0.5) is 22.0 Å². The summed E-state index contributed by atoms with van der Waals surface area (Å²) in [6.45, 7) is 11.2. The summed E-state index contributed by atoms with van der Waals surface area (Å²) in [7, 11) is -3.81. The van der Waals surface area contributed by atoms with E-state index in [1.54, 1.807) is 12.1 Å². The van der Waals surface area contributed by atoms with Gasteiger partial charge in [0.1, 0.15) is 5.75 Å². The lowest BCUT2D eigenvalue weighted by Crippen LogP contribution is -2.32. The predicted molar refractivity (Wildman–Crippen MR) is 139 cm³/mol. The Morgan fingerprint density at radius 1 is 0.676 bits per heavy atom. The summed E-state index contributed by atoms with van der Waals surface area (Å²) < 4.78 is 89.7. The molecule has 0 bridgehead atoms. The van der Waals surface area contributed by atoms with Crippen LogP contribution in [0.2, 0.25) is 0 Å². The molecule has 0 aliphatic rings. The van der Waals surface area contributed by atoms with Crippen molar-refractivity contribution in [1.82, 2.24) is 0 Å². The predicted octanol–water partition coefficient (Wildman–Crippen LogP) is 10.2. The number of nitrogens with zero attached hydrogens (tertiary/aromatic N) is 1. The SMILES string of the molecule is CCC(C)(CC)N=P(Oc1ccc2ccccc2c1)(Oc1c(F)c(F)c(F)c(F)c1F)C(C)(CC)CC. The van der Waals surface area contributed by atoms with Crippen molar-refractivity contribution in [2.75, 3.05) is 0 Å². The molecule has 0 N–H and O–H groups in total. The van der Waals surface area contributed by atoms with Gasteiger partial charge in [0.2, 0.25) is 34.8 Å². The van der Waals surface area contributed by atoms with Gasteiger partial charge in [-0.25, -0.2) is 17.9 Å². The molecule has 0 saturated heterocycles. The molecular formula is C28H33F5NO2P. The van der Waals surface area contributed by atoms with E-state index in [0.717, 1.165) is 10.8 Å². The second kappa shape index (κ2) is 11.0. The molecule has 0 aromatic heterocycles. The number of fused-ring (bicyclic) bond motifs is 1. The topological polar surface area (TPSA) is 30.8 Å². The molecule has 3 aromatic carbocycles. The molecule has 37 heavy (non-hydrogen) atoms. The molecule has 202 valence electrons. The van der Waals surface area contributed by atoms with Gasteiger partial charge in [-0.1, -0.05) is 58.0 Å². The van der Waals surface area contributed by atoms with Gasteiger partial charge in [-0.3, -0.25) is 0 Å². The molecule has 0 radical (unpaired) electrons. The average molecular weight is 542 g/mol. The highest BCUT2D eigenvalue weighted by Crippen LogP contribution is 2.66. The summed E-state index contributed by atoms with van der Waals surface area (Å²) >= 11 is 0. The highest BCUT2D eigenvalue weighted by Gasteiger charge is 2.48. The van der Waals surface area contributed by atoms with Crippen molar-refractivity contribution in [2.24, 2.45) is 4.74 Å². The lowest BCUT2D eigenvalue weighted by Gasteiger charge is -2.42. The van der Waals surface area contributed by atoms with Crippen molar-refractivity contribution >= 4 is 18.3 Å². The number of halogens is 5. The molecule has 3 nitrogen and oxygen atoms in total. The van der Waals surface area contributed by atoms with E-state index in [1.807, 2.05) is 71.9 Å². The zero-order valence-electron chi connectivity index (χ0n) is 22.0. The van der Waals surface area contributed by atoms with Crippen molar-refractivity contribution < 1.29 is 31.0 Å². The summed E-state index contributed by atoms with van der Waals surface area (Å²) in [6.07, 6.45) is 1.90. The molecule has 9 heteroatoms. The Morgan fingerprint density at radius 3 is 1.70 bits per heavy atom. The fourth-order valence-electron chi connectivity index (χ4n) is 3.92. The van der Waals surface area contributed by atoms with Crippen LogP contribution in [-0.4, -0.2) is 10.7 Å². The van der Waals surface area contributed by atoms with E-state index in [2.05, 4.69) is 0 Å². The maximum Gasteiger partial charge on any atom is 0.321 e. The molecular weight excluding hydrogens is 508 g/mol. The first-order chi connectivity index (χ1) is 17.4. The van der Waals surface area contributed by atoms with Crippen molar-refractivity contribution in [3.8, 4) is 11.5 Å². The summed E-state index contributed by atoms with van der Waals surface area (Å²) in [4.78, 5) is 0. The number of benzene rings is 3. The van der Waals surface area contributed by atoms with Crippen LogP contribution >= 0.6 is 7.51 Å². The molecule has 1 atom stereocenters. The zero-order chi connectivity index (χ0) is 27.6. The normalized spacial score (nSPS) is 13.9. The van der Waals surface area contributed by atoms with Crippen LogP contribution in [0.3, 0.4) is 0 Å². The average Bonchev–Trinajstić information content (AvgIpc) is 2.92. The minimum absolute atomic E-state index is 0.322. The first-order valence-electron chi connectivity index (χ1n) is 12.4. The Kier molecular flexibility index (Phi) is 8.63. The first kappa shape index (κ1) is 29.0. The first-order valence-corrected chi connectivity index (χ1v) is 14.0. The Labute approximate surface area is 215 Å². The molecule has 3 rings (SSSR count). The minimum Gasteiger partial charge on any atom is -0.430 e. The third-order valence-electron chi connectivity index (χ3n) is 7.44. The Bertz CT molecular complexity index is 1310. The molecule has 0 saturated carbocycles. The van der Waals surface area contributed by atoms with Gasteiger partial charge in [0.25, 0.3) is 0 Å². The molecule has 3 aromatic rings. The van der Waals surface area contributed by atoms with Crippen LogP contribution in [-0.2, 0) is 0 Å². The summed E-state index contributed by atoms with van der Waals surface area (Å²) in [5.74, 6) is -11.6. The largest absolute Gasteiger partial charge is 0.430 e. The fourth-order valence-corrected chi connectivity index (χ4v) is 7.24. The van der Waals surface area contributed by atoms with Crippen LogP contribution in [0.15, 0.2) is 47.2 Å². The van der Waals surface area contributed by atoms with Crippen molar-refractivity contribution in [3.63, 3.8) is 0 Å². The van der Waals surface area contributed by atoms with Gasteiger partial charge in [0, 0.05) is 0 Å². The highest BCUT2D eigenvalue weighted by molar-refractivity contribution is 7.59. The van der Waals surface area contributed by atoms with Gasteiger partial charge in [-0.2, -0.15) is 8.78 Å². The Morgan fingerprint density at radius 2 is 1.19 bits per heavy atom. The lowest BCUT2D eigenvalue weighted by atomic mass is 9.98. The Balaban J connectivity index is 2.39. The van der Waals surface area contributed by atoms with Crippen molar-refractivity contribution in [3.05, 3.63) is 71.6 Å². The maximum atomic E-state index is 14.9. The zero-order valence-corrected chi connectivity index (χ0v) is 22.9. The van der Waals surface area contributed by atoms with Crippen molar-refractivity contribution in [2.45, 2.75) is 77.9 Å². The summed E-state index contributed by atoms with van der Waals surface area (Å²) in [5, 5.41) is 0.861. The lowest BCUT2D eigenvalue weighted by molar-refractivity contribution is 0.326. The maximum absolute atomic E-state index is 14.9. The smallest absolute Gasteiger partial charge is 0.321 e. The van der Waals surface area contributed by atoms with Gasteiger partial charge < -0.3 is 9.05 Å². The quantitative estimate of drug-likeness (QED) is 0.111. The van der Waals surface area contributed by atoms with E-state index in [9.17, 15) is 22.0 Å². The summed E-state index contributed by atoms with van der Waals surface area (Å²) in [5.41, 5.74) is -0.750.